The van der Waals surface area contributed by atoms with Gasteiger partial charge in [-0.1, -0.05) is 6.07 Å². The fraction of sp³-hybridized carbons (Fsp3) is 0.143. The van der Waals surface area contributed by atoms with Gasteiger partial charge < -0.3 is 5.32 Å². The fourth-order valence-corrected chi connectivity index (χ4v) is 3.07. The first-order chi connectivity index (χ1) is 14.2. The molecule has 1 aromatic carbocycles. The first-order valence-corrected chi connectivity index (χ1v) is 8.98. The molecule has 0 saturated carbocycles. The van der Waals surface area contributed by atoms with Gasteiger partial charge in [0.05, 0.1) is 16.7 Å². The van der Waals surface area contributed by atoms with Gasteiger partial charge >= 0.3 is 6.18 Å². The van der Waals surface area contributed by atoms with E-state index in [0.717, 1.165) is 17.2 Å². The van der Waals surface area contributed by atoms with E-state index in [4.69, 9.17) is 0 Å². The predicted octanol–water partition coefficient (Wildman–Crippen LogP) is 4.61. The molecule has 4 rings (SSSR count). The smallest absolute Gasteiger partial charge is 0.320 e. The van der Waals surface area contributed by atoms with Gasteiger partial charge in [0, 0.05) is 24.5 Å². The number of aromatic nitrogens is 4. The molecule has 6 nitrogen and oxygen atoms in total. The highest BCUT2D eigenvalue weighted by atomic mass is 19.4. The van der Waals surface area contributed by atoms with Crippen LogP contribution in [0, 0.1) is 6.92 Å². The number of aryl methyl sites for hydroxylation is 2. The number of amides is 1. The highest BCUT2D eigenvalue weighted by Gasteiger charge is 2.32. The lowest BCUT2D eigenvalue weighted by molar-refractivity contribution is -0.140. The van der Waals surface area contributed by atoms with Gasteiger partial charge in [0.15, 0.2) is 0 Å². The number of anilines is 1. The predicted molar refractivity (Wildman–Crippen MR) is 106 cm³/mol. The van der Waals surface area contributed by atoms with Crippen molar-refractivity contribution in [1.29, 1.82) is 0 Å². The maximum atomic E-state index is 12.8. The van der Waals surface area contributed by atoms with Gasteiger partial charge in [-0.3, -0.25) is 9.48 Å². The average Bonchev–Trinajstić information content (AvgIpc) is 3.14. The van der Waals surface area contributed by atoms with Crippen molar-refractivity contribution in [2.75, 3.05) is 5.32 Å². The summed E-state index contributed by atoms with van der Waals surface area (Å²) >= 11 is 0. The summed E-state index contributed by atoms with van der Waals surface area (Å²) in [6, 6.07) is 12.4. The van der Waals surface area contributed by atoms with Gasteiger partial charge in [-0.2, -0.15) is 18.3 Å². The molecule has 1 N–H and O–H groups in total. The Morgan fingerprint density at radius 1 is 1.00 bits per heavy atom. The Labute approximate surface area is 169 Å². The lowest BCUT2D eigenvalue weighted by Crippen LogP contribution is -2.16. The molecule has 1 amide bonds. The molecule has 0 unspecified atom stereocenters. The fourth-order valence-electron chi connectivity index (χ4n) is 3.07. The topological polar surface area (TPSA) is 72.7 Å². The van der Waals surface area contributed by atoms with Crippen molar-refractivity contribution in [1.82, 2.24) is 19.7 Å². The molecule has 152 valence electrons. The van der Waals surface area contributed by atoms with E-state index in [1.807, 2.05) is 13.0 Å². The molecule has 0 radical (unpaired) electrons. The molecule has 0 spiro atoms. The molecule has 4 aromatic rings. The third kappa shape index (κ3) is 3.73. The minimum absolute atomic E-state index is 0.172. The lowest BCUT2D eigenvalue weighted by atomic mass is 10.1. The van der Waals surface area contributed by atoms with Crippen LogP contribution in [0.5, 0.6) is 0 Å². The zero-order valence-corrected chi connectivity index (χ0v) is 16.0. The van der Waals surface area contributed by atoms with Crippen molar-refractivity contribution in [3.63, 3.8) is 0 Å². The number of nitrogens with zero attached hydrogens (tertiary/aromatic N) is 4. The van der Waals surface area contributed by atoms with Crippen LogP contribution < -0.4 is 5.32 Å². The number of carbonyl (C=O) groups is 1. The molecule has 3 aromatic heterocycles. The molecule has 3 heterocycles. The van der Waals surface area contributed by atoms with Gasteiger partial charge in [0.25, 0.3) is 5.91 Å². The van der Waals surface area contributed by atoms with Crippen molar-refractivity contribution >= 4 is 22.6 Å². The summed E-state index contributed by atoms with van der Waals surface area (Å²) in [4.78, 5) is 20.4. The largest absolute Gasteiger partial charge is 0.433 e. The van der Waals surface area contributed by atoms with Gasteiger partial charge in [-0.15, -0.1) is 0 Å². The summed E-state index contributed by atoms with van der Waals surface area (Å²) in [6.45, 7) is 1.85. The highest BCUT2D eigenvalue weighted by Crippen LogP contribution is 2.30. The third-order valence-electron chi connectivity index (χ3n) is 4.66. The summed E-state index contributed by atoms with van der Waals surface area (Å²) < 4.78 is 40.0. The van der Waals surface area contributed by atoms with E-state index in [1.165, 1.54) is 16.8 Å². The summed E-state index contributed by atoms with van der Waals surface area (Å²) in [5, 5.41) is 6.82. The van der Waals surface area contributed by atoms with Crippen LogP contribution in [0.1, 0.15) is 21.7 Å². The molecule has 0 aliphatic carbocycles. The molecule has 0 atom stereocenters. The molecular weight excluding hydrogens is 395 g/mol. The van der Waals surface area contributed by atoms with Gasteiger partial charge in [0.1, 0.15) is 11.4 Å². The van der Waals surface area contributed by atoms with Crippen molar-refractivity contribution in [2.24, 2.45) is 7.05 Å². The number of rotatable bonds is 3. The molecular formula is C21H16F3N5O. The average molecular weight is 411 g/mol. The van der Waals surface area contributed by atoms with Crippen molar-refractivity contribution in [3.05, 3.63) is 71.7 Å². The van der Waals surface area contributed by atoms with Crippen molar-refractivity contribution < 1.29 is 18.0 Å². The number of carbonyl (C=O) groups excluding carboxylic acids is 1. The Balaban J connectivity index is 1.61. The molecule has 0 fully saturated rings. The lowest BCUT2D eigenvalue weighted by Gasteiger charge is -2.11. The van der Waals surface area contributed by atoms with Gasteiger partial charge in [0.2, 0.25) is 0 Å². The summed E-state index contributed by atoms with van der Waals surface area (Å²) in [5.74, 6) is -0.277. The zero-order chi connectivity index (χ0) is 21.5. The maximum absolute atomic E-state index is 12.8. The SMILES string of the molecule is Cc1cc(-c2ccc3nc(C(F)(F)F)ccc3n2)ccc1NC(=O)c1ccnn1C. The number of hydrogen-bond donors (Lipinski definition) is 1. The summed E-state index contributed by atoms with van der Waals surface area (Å²) in [6.07, 6.45) is -2.96. The quantitative estimate of drug-likeness (QED) is 0.534. The molecule has 0 aliphatic rings. The van der Waals surface area contributed by atoms with E-state index in [1.54, 1.807) is 37.5 Å². The number of hydrogen-bond acceptors (Lipinski definition) is 4. The number of halogens is 3. The van der Waals surface area contributed by atoms with Crippen LogP contribution >= 0.6 is 0 Å². The van der Waals surface area contributed by atoms with E-state index in [2.05, 4.69) is 20.4 Å². The second-order valence-corrected chi connectivity index (χ2v) is 6.75. The molecule has 0 aliphatic heterocycles. The van der Waals surface area contributed by atoms with Crippen molar-refractivity contribution in [3.8, 4) is 11.3 Å². The number of nitrogens with one attached hydrogen (secondary N) is 1. The number of pyridine rings is 2. The van der Waals surface area contributed by atoms with E-state index in [-0.39, 0.29) is 11.4 Å². The summed E-state index contributed by atoms with van der Waals surface area (Å²) in [7, 11) is 1.68. The Bertz CT molecular complexity index is 1260. The van der Waals surface area contributed by atoms with E-state index in [0.29, 0.717) is 22.6 Å². The van der Waals surface area contributed by atoms with Crippen LogP contribution in [-0.2, 0) is 13.2 Å². The van der Waals surface area contributed by atoms with E-state index < -0.39 is 11.9 Å². The maximum Gasteiger partial charge on any atom is 0.433 e. The third-order valence-corrected chi connectivity index (χ3v) is 4.66. The monoisotopic (exact) mass is 411 g/mol. The molecule has 0 saturated heterocycles. The van der Waals surface area contributed by atoms with E-state index >= 15 is 0 Å². The Morgan fingerprint density at radius 2 is 1.73 bits per heavy atom. The van der Waals surface area contributed by atoms with Crippen molar-refractivity contribution in [2.45, 2.75) is 13.1 Å². The van der Waals surface area contributed by atoms with Crippen LogP contribution in [0.15, 0.2) is 54.7 Å². The minimum Gasteiger partial charge on any atom is -0.320 e. The van der Waals surface area contributed by atoms with E-state index in [9.17, 15) is 18.0 Å². The van der Waals surface area contributed by atoms with Crippen LogP contribution in [-0.4, -0.2) is 25.7 Å². The first-order valence-electron chi connectivity index (χ1n) is 8.98. The minimum atomic E-state index is -4.50. The van der Waals surface area contributed by atoms with Crippen LogP contribution in [0.25, 0.3) is 22.3 Å². The number of alkyl halides is 3. The second kappa shape index (κ2) is 7.25. The number of benzene rings is 1. The van der Waals surface area contributed by atoms with Crippen LogP contribution in [0.4, 0.5) is 18.9 Å². The van der Waals surface area contributed by atoms with Gasteiger partial charge in [-0.05, 0) is 55.0 Å². The Morgan fingerprint density at radius 3 is 2.40 bits per heavy atom. The molecule has 30 heavy (non-hydrogen) atoms. The Kier molecular flexibility index (Phi) is 4.73. The summed E-state index contributed by atoms with van der Waals surface area (Å²) in [5.41, 5.74) is 2.84. The Hall–Kier alpha value is -3.75. The number of fused-ring (bicyclic) bond motifs is 1. The first kappa shape index (κ1) is 19.6. The highest BCUT2D eigenvalue weighted by molar-refractivity contribution is 6.03. The second-order valence-electron chi connectivity index (χ2n) is 6.75. The normalized spacial score (nSPS) is 11.6. The van der Waals surface area contributed by atoms with Crippen LogP contribution in [0.3, 0.4) is 0 Å². The van der Waals surface area contributed by atoms with Gasteiger partial charge in [-0.25, -0.2) is 9.97 Å². The van der Waals surface area contributed by atoms with Crippen LogP contribution in [0.2, 0.25) is 0 Å². The molecule has 0 bridgehead atoms. The standard InChI is InChI=1S/C21H16F3N5O/c1-12-11-13(3-4-14(12)28-20(30)18-9-10-25-29(18)2)15-5-6-17-16(26-15)7-8-19(27-17)21(22,23)24/h3-11H,1-2H3,(H,28,30). The molecule has 9 heteroatoms. The zero-order valence-electron chi connectivity index (χ0n) is 16.0.